The second-order valence-corrected chi connectivity index (χ2v) is 8.00. The number of hydrogen-bond donors (Lipinski definition) is 1. The summed E-state index contributed by atoms with van der Waals surface area (Å²) in [5, 5.41) is 3.55. The molecule has 1 atom stereocenters. The van der Waals surface area contributed by atoms with Gasteiger partial charge in [-0.25, -0.2) is 17.5 Å². The lowest BCUT2D eigenvalue weighted by Gasteiger charge is -2.22. The van der Waals surface area contributed by atoms with Crippen LogP contribution in [0.5, 0.6) is 0 Å². The lowest BCUT2D eigenvalue weighted by atomic mass is 10.2. The molecule has 1 aliphatic heterocycles. The second-order valence-electron chi connectivity index (χ2n) is 6.18. The second kappa shape index (κ2) is 7.77. The van der Waals surface area contributed by atoms with Gasteiger partial charge >= 0.3 is 5.97 Å². The van der Waals surface area contributed by atoms with Gasteiger partial charge in [-0.15, -0.1) is 0 Å². The van der Waals surface area contributed by atoms with Crippen LogP contribution < -0.4 is 5.73 Å². The molecule has 146 valence electrons. The molecule has 10 heteroatoms. The van der Waals surface area contributed by atoms with E-state index in [4.69, 9.17) is 10.6 Å². The summed E-state index contributed by atoms with van der Waals surface area (Å²) in [6.07, 6.45) is 2.90. The monoisotopic (exact) mass is 402 g/mol. The third-order valence-corrected chi connectivity index (χ3v) is 6.06. The van der Waals surface area contributed by atoms with Gasteiger partial charge in [-0.1, -0.05) is 22.9 Å². The molecule has 28 heavy (non-hydrogen) atoms. The predicted octanol–water partition coefficient (Wildman–Crippen LogP) is 0.933. The molecule has 1 saturated heterocycles. The number of benzene rings is 1. The molecule has 0 radical (unpaired) electrons. The van der Waals surface area contributed by atoms with E-state index >= 15 is 0 Å². The summed E-state index contributed by atoms with van der Waals surface area (Å²) in [5.41, 5.74) is 7.09. The van der Waals surface area contributed by atoms with Crippen molar-refractivity contribution >= 4 is 27.7 Å². The lowest BCUT2D eigenvalue weighted by Crippen LogP contribution is -2.43. The van der Waals surface area contributed by atoms with E-state index in [1.807, 2.05) is 6.92 Å². The molecule has 9 nitrogen and oxygen atoms in total. The van der Waals surface area contributed by atoms with Crippen molar-refractivity contribution in [1.82, 2.24) is 9.29 Å². The van der Waals surface area contributed by atoms with Crippen molar-refractivity contribution < 1.29 is 22.8 Å². The topological polar surface area (TPSA) is 132 Å². The zero-order valence-corrected chi connectivity index (χ0v) is 15.8. The fourth-order valence-corrected chi connectivity index (χ4v) is 4.32. The Morgan fingerprint density at radius 3 is 2.50 bits per heavy atom. The first-order valence-corrected chi connectivity index (χ1v) is 9.83. The van der Waals surface area contributed by atoms with Gasteiger partial charge in [0.2, 0.25) is 5.91 Å². The zero-order valence-electron chi connectivity index (χ0n) is 15.0. The molecule has 0 saturated carbocycles. The van der Waals surface area contributed by atoms with Gasteiger partial charge in [-0.2, -0.15) is 0 Å². The molecular formula is C18H18N4O5S. The Morgan fingerprint density at radius 2 is 1.86 bits per heavy atom. The smallest absolute Gasteiger partial charge is 0.358 e. The number of oxime groups is 1. The van der Waals surface area contributed by atoms with E-state index in [9.17, 15) is 18.0 Å². The van der Waals surface area contributed by atoms with Crippen LogP contribution in [0.4, 0.5) is 0 Å². The van der Waals surface area contributed by atoms with Crippen molar-refractivity contribution in [2.24, 2.45) is 10.9 Å². The maximum Gasteiger partial charge on any atom is 0.358 e. The van der Waals surface area contributed by atoms with Gasteiger partial charge in [-0.3, -0.25) is 9.78 Å². The van der Waals surface area contributed by atoms with Crippen LogP contribution in [0.1, 0.15) is 24.0 Å². The summed E-state index contributed by atoms with van der Waals surface area (Å²) in [6.45, 7) is 1.81. The van der Waals surface area contributed by atoms with E-state index in [0.717, 1.165) is 5.56 Å². The normalized spacial score (nSPS) is 17.6. The molecular weight excluding hydrogens is 384 g/mol. The van der Waals surface area contributed by atoms with Crippen molar-refractivity contribution in [2.75, 3.05) is 0 Å². The largest absolute Gasteiger partial charge is 0.380 e. The number of rotatable bonds is 5. The van der Waals surface area contributed by atoms with Crippen LogP contribution in [0, 0.1) is 6.92 Å². The Kier molecular flexibility index (Phi) is 5.41. The van der Waals surface area contributed by atoms with Crippen molar-refractivity contribution in [1.29, 1.82) is 0 Å². The molecule has 0 unspecified atom stereocenters. The average molecular weight is 402 g/mol. The molecule has 2 heterocycles. The maximum absolute atomic E-state index is 12.9. The molecule has 0 aliphatic carbocycles. The fraction of sp³-hybridized carbons (Fsp3) is 0.222. The minimum Gasteiger partial charge on any atom is -0.380 e. The van der Waals surface area contributed by atoms with Crippen LogP contribution in [0.25, 0.3) is 0 Å². The number of carbonyl (C=O) groups is 2. The number of amides is 1. The highest BCUT2D eigenvalue weighted by molar-refractivity contribution is 7.89. The van der Waals surface area contributed by atoms with Gasteiger partial charge < -0.3 is 10.6 Å². The van der Waals surface area contributed by atoms with Crippen LogP contribution in [0.3, 0.4) is 0 Å². The van der Waals surface area contributed by atoms with Gasteiger partial charge in [0.15, 0.2) is 5.84 Å². The van der Waals surface area contributed by atoms with E-state index < -0.39 is 27.9 Å². The van der Waals surface area contributed by atoms with E-state index in [-0.39, 0.29) is 23.6 Å². The third kappa shape index (κ3) is 3.86. The molecule has 2 aromatic rings. The van der Waals surface area contributed by atoms with Crippen LogP contribution in [0.2, 0.25) is 0 Å². The molecule has 0 bridgehead atoms. The first kappa shape index (κ1) is 19.5. The number of sulfonamides is 1. The summed E-state index contributed by atoms with van der Waals surface area (Å²) < 4.78 is 26.3. The van der Waals surface area contributed by atoms with Crippen LogP contribution in [0.15, 0.2) is 58.8 Å². The van der Waals surface area contributed by atoms with E-state index in [1.54, 1.807) is 24.3 Å². The summed E-state index contributed by atoms with van der Waals surface area (Å²) in [5.74, 6) is -1.72. The highest BCUT2D eigenvalue weighted by Crippen LogP contribution is 2.28. The van der Waals surface area contributed by atoms with Crippen molar-refractivity contribution in [3.8, 4) is 0 Å². The van der Waals surface area contributed by atoms with Crippen molar-refractivity contribution in [3.63, 3.8) is 0 Å². The van der Waals surface area contributed by atoms with Crippen molar-refractivity contribution in [3.05, 3.63) is 59.9 Å². The highest BCUT2D eigenvalue weighted by atomic mass is 32.2. The molecule has 1 aliphatic rings. The quantitative estimate of drug-likeness (QED) is 0.340. The van der Waals surface area contributed by atoms with Gasteiger partial charge in [0.25, 0.3) is 10.0 Å². The van der Waals surface area contributed by atoms with Crippen molar-refractivity contribution in [2.45, 2.75) is 30.7 Å². The molecule has 1 fully saturated rings. The van der Waals surface area contributed by atoms with Gasteiger partial charge in [0, 0.05) is 24.4 Å². The highest BCUT2D eigenvalue weighted by Gasteiger charge is 2.45. The minimum atomic E-state index is -4.19. The number of aryl methyl sites for hydroxylation is 1. The SMILES string of the molecule is Cc1ccc(S(=O)(=O)N2C(=O)CC[C@@H]2C(=O)O/N=C(\N)c2ccncc2)cc1. The van der Waals surface area contributed by atoms with E-state index in [1.165, 1.54) is 24.5 Å². The van der Waals surface area contributed by atoms with Crippen LogP contribution in [-0.2, 0) is 24.4 Å². The zero-order chi connectivity index (χ0) is 20.3. The number of amidine groups is 1. The molecule has 2 N–H and O–H groups in total. The Bertz CT molecular complexity index is 1020. The predicted molar refractivity (Wildman–Crippen MR) is 99.3 cm³/mol. The summed E-state index contributed by atoms with van der Waals surface area (Å²) in [4.78, 5) is 33.2. The molecule has 3 rings (SSSR count). The standard InChI is InChI=1S/C18H18N4O5S/c1-12-2-4-14(5-3-12)28(25,26)22-15(6-7-16(22)23)18(24)27-21-17(19)13-8-10-20-11-9-13/h2-5,8-11,15H,6-7H2,1H3,(H2,19,21)/t15-/m1/s1. The third-order valence-electron chi connectivity index (χ3n) is 4.22. The Balaban J connectivity index is 1.82. The van der Waals surface area contributed by atoms with Gasteiger partial charge in [0.1, 0.15) is 6.04 Å². The Labute approximate surface area is 161 Å². The first-order chi connectivity index (χ1) is 13.3. The van der Waals surface area contributed by atoms with E-state index in [0.29, 0.717) is 9.87 Å². The maximum atomic E-state index is 12.9. The fourth-order valence-electron chi connectivity index (χ4n) is 2.73. The molecule has 1 aromatic carbocycles. The number of aromatic nitrogens is 1. The number of nitrogens with two attached hydrogens (primary N) is 1. The number of hydrogen-bond acceptors (Lipinski definition) is 7. The summed E-state index contributed by atoms with van der Waals surface area (Å²) in [7, 11) is -4.19. The average Bonchev–Trinajstić information content (AvgIpc) is 3.09. The van der Waals surface area contributed by atoms with Crippen LogP contribution >= 0.6 is 0 Å². The summed E-state index contributed by atoms with van der Waals surface area (Å²) in [6, 6.07) is 7.84. The number of pyridine rings is 1. The number of nitrogens with zero attached hydrogens (tertiary/aromatic N) is 3. The molecule has 0 spiro atoms. The molecule has 1 aromatic heterocycles. The van der Waals surface area contributed by atoms with Gasteiger partial charge in [0.05, 0.1) is 4.90 Å². The summed E-state index contributed by atoms with van der Waals surface area (Å²) >= 11 is 0. The Morgan fingerprint density at radius 1 is 1.21 bits per heavy atom. The first-order valence-electron chi connectivity index (χ1n) is 8.39. The van der Waals surface area contributed by atoms with Gasteiger partial charge in [-0.05, 0) is 37.6 Å². The van der Waals surface area contributed by atoms with E-state index in [2.05, 4.69) is 10.1 Å². The Hall–Kier alpha value is -3.27. The molecule has 1 amide bonds. The number of carbonyl (C=O) groups excluding carboxylic acids is 2. The lowest BCUT2D eigenvalue weighted by molar-refractivity contribution is -0.149. The van der Waals surface area contributed by atoms with Crippen LogP contribution in [-0.4, -0.2) is 41.5 Å². The minimum absolute atomic E-state index is 0.00738.